The number of imidazole rings is 1. The van der Waals surface area contributed by atoms with E-state index < -0.39 is 5.60 Å². The Morgan fingerprint density at radius 3 is 1.95 bits per heavy atom. The Balaban J connectivity index is 1.40. The number of hydrogen-bond donors (Lipinski definition) is 1. The minimum atomic E-state index is -1.11. The van der Waals surface area contributed by atoms with Crippen LogP contribution < -0.4 is 18.9 Å². The van der Waals surface area contributed by atoms with E-state index in [1.54, 1.807) is 0 Å². The quantitative estimate of drug-likeness (QED) is 0.235. The number of unbranched alkanes of at least 4 members (excludes halogenated alkanes) is 1. The standard InChI is InChI=1S/C33H37N3O5/c1-4-5-15-36-26(31(33(2,3)37)34-32(36)25-9-7-6-8-10-25)20-35(18-23-11-13-27-29(16-23)40-21-38-27)19-24-12-14-28-30(17-24)41-22-39-28/h6-14,16-17,37H,4-5,15,18-22H2,1-3H3. The largest absolute Gasteiger partial charge is 0.454 e. The van der Waals surface area contributed by atoms with Gasteiger partial charge in [-0.3, -0.25) is 4.90 Å². The van der Waals surface area contributed by atoms with Crippen molar-refractivity contribution in [1.29, 1.82) is 0 Å². The van der Waals surface area contributed by atoms with Gasteiger partial charge in [-0.15, -0.1) is 0 Å². The van der Waals surface area contributed by atoms with Crippen molar-refractivity contribution in [3.05, 3.63) is 89.2 Å². The van der Waals surface area contributed by atoms with E-state index in [1.807, 2.05) is 44.2 Å². The highest BCUT2D eigenvalue weighted by atomic mass is 16.7. The highest BCUT2D eigenvalue weighted by Gasteiger charge is 2.30. The number of rotatable bonds is 11. The summed E-state index contributed by atoms with van der Waals surface area (Å²) in [5.41, 5.74) is 3.88. The Hall–Kier alpha value is -4.01. The summed E-state index contributed by atoms with van der Waals surface area (Å²) in [7, 11) is 0. The van der Waals surface area contributed by atoms with Gasteiger partial charge in [0.25, 0.3) is 0 Å². The molecule has 0 spiro atoms. The SMILES string of the molecule is CCCCn1c(-c2ccccc2)nc(C(C)(C)O)c1CN(Cc1ccc2c(c1)OCO2)Cc1ccc2c(c1)OCO2. The van der Waals surface area contributed by atoms with E-state index in [0.29, 0.717) is 25.3 Å². The normalized spacial score (nSPS) is 13.8. The van der Waals surface area contributed by atoms with Crippen LogP contribution >= 0.6 is 0 Å². The molecule has 0 bridgehead atoms. The molecular weight excluding hydrogens is 518 g/mol. The van der Waals surface area contributed by atoms with Crippen LogP contribution in [0.1, 0.15) is 56.1 Å². The van der Waals surface area contributed by atoms with Crippen molar-refractivity contribution in [2.24, 2.45) is 0 Å². The lowest BCUT2D eigenvalue weighted by atomic mass is 10.0. The molecule has 1 N–H and O–H groups in total. The minimum absolute atomic E-state index is 0.244. The molecule has 8 nitrogen and oxygen atoms in total. The van der Waals surface area contributed by atoms with Crippen molar-refractivity contribution in [3.63, 3.8) is 0 Å². The van der Waals surface area contributed by atoms with Crippen molar-refractivity contribution in [3.8, 4) is 34.4 Å². The second kappa shape index (κ2) is 11.5. The third-order valence-corrected chi connectivity index (χ3v) is 7.48. The smallest absolute Gasteiger partial charge is 0.231 e. The van der Waals surface area contributed by atoms with Crippen molar-refractivity contribution in [1.82, 2.24) is 14.5 Å². The van der Waals surface area contributed by atoms with Gasteiger partial charge >= 0.3 is 0 Å². The Bertz CT molecular complexity index is 1450. The van der Waals surface area contributed by atoms with E-state index >= 15 is 0 Å². The summed E-state index contributed by atoms with van der Waals surface area (Å²) in [6.07, 6.45) is 2.07. The number of fused-ring (bicyclic) bond motifs is 2. The van der Waals surface area contributed by atoms with Gasteiger partial charge < -0.3 is 28.6 Å². The van der Waals surface area contributed by atoms with Gasteiger partial charge in [-0.1, -0.05) is 55.8 Å². The first-order chi connectivity index (χ1) is 19.9. The van der Waals surface area contributed by atoms with Crippen LogP contribution in [-0.4, -0.2) is 33.1 Å². The fourth-order valence-corrected chi connectivity index (χ4v) is 5.48. The molecule has 41 heavy (non-hydrogen) atoms. The first-order valence-electron chi connectivity index (χ1n) is 14.3. The molecule has 8 heteroatoms. The monoisotopic (exact) mass is 555 g/mol. The molecular formula is C33H37N3O5. The second-order valence-electron chi connectivity index (χ2n) is 11.2. The average molecular weight is 556 g/mol. The van der Waals surface area contributed by atoms with Gasteiger partial charge in [-0.2, -0.15) is 0 Å². The molecule has 0 unspecified atom stereocenters. The third-order valence-electron chi connectivity index (χ3n) is 7.48. The molecule has 0 saturated heterocycles. The zero-order valence-electron chi connectivity index (χ0n) is 23.9. The predicted molar refractivity (Wildman–Crippen MR) is 156 cm³/mol. The highest BCUT2D eigenvalue weighted by Crippen LogP contribution is 2.36. The molecule has 6 rings (SSSR count). The number of aliphatic hydroxyl groups is 1. The molecule has 2 aliphatic heterocycles. The van der Waals surface area contributed by atoms with Gasteiger partial charge in [0.15, 0.2) is 23.0 Å². The van der Waals surface area contributed by atoms with Gasteiger partial charge in [0.2, 0.25) is 13.6 Å². The number of benzene rings is 3. The van der Waals surface area contributed by atoms with Gasteiger partial charge in [-0.25, -0.2) is 4.98 Å². The lowest BCUT2D eigenvalue weighted by Gasteiger charge is -2.26. The number of aromatic nitrogens is 2. The number of hydrogen-bond acceptors (Lipinski definition) is 7. The van der Waals surface area contributed by atoms with Gasteiger partial charge in [0.1, 0.15) is 11.4 Å². The predicted octanol–water partition coefficient (Wildman–Crippen LogP) is 6.24. The van der Waals surface area contributed by atoms with Crippen LogP contribution in [0.3, 0.4) is 0 Å². The summed E-state index contributed by atoms with van der Waals surface area (Å²) < 4.78 is 24.7. The topological polar surface area (TPSA) is 78.2 Å². The van der Waals surface area contributed by atoms with Crippen LogP contribution in [0.5, 0.6) is 23.0 Å². The van der Waals surface area contributed by atoms with Crippen LogP contribution in [0.15, 0.2) is 66.7 Å². The van der Waals surface area contributed by atoms with Crippen LogP contribution in [0.4, 0.5) is 0 Å². The van der Waals surface area contributed by atoms with Gasteiger partial charge in [0.05, 0.1) is 11.4 Å². The van der Waals surface area contributed by atoms with E-state index in [2.05, 4.69) is 52.8 Å². The molecule has 0 aliphatic carbocycles. The highest BCUT2D eigenvalue weighted by molar-refractivity contribution is 5.57. The number of ether oxygens (including phenoxy) is 4. The molecule has 0 saturated carbocycles. The summed E-state index contributed by atoms with van der Waals surface area (Å²) >= 11 is 0. The van der Waals surface area contributed by atoms with Gasteiger partial charge in [0, 0.05) is 31.7 Å². The second-order valence-corrected chi connectivity index (χ2v) is 11.2. The van der Waals surface area contributed by atoms with Gasteiger partial charge in [-0.05, 0) is 55.7 Å². The zero-order chi connectivity index (χ0) is 28.4. The molecule has 214 valence electrons. The molecule has 3 aromatic carbocycles. The fraction of sp³-hybridized carbons (Fsp3) is 0.364. The maximum atomic E-state index is 11.3. The molecule has 0 amide bonds. The van der Waals surface area contributed by atoms with E-state index in [1.165, 1.54) is 0 Å². The van der Waals surface area contributed by atoms with E-state index in [9.17, 15) is 5.11 Å². The number of nitrogens with zero attached hydrogens (tertiary/aromatic N) is 3. The Morgan fingerprint density at radius 1 is 0.805 bits per heavy atom. The summed E-state index contributed by atoms with van der Waals surface area (Å²) in [6.45, 7) is 9.05. The molecule has 2 aliphatic rings. The maximum absolute atomic E-state index is 11.3. The van der Waals surface area contributed by atoms with E-state index in [-0.39, 0.29) is 13.6 Å². The lowest BCUT2D eigenvalue weighted by molar-refractivity contribution is 0.0717. The molecule has 1 aromatic heterocycles. The van der Waals surface area contributed by atoms with Crippen molar-refractivity contribution >= 4 is 0 Å². The fourth-order valence-electron chi connectivity index (χ4n) is 5.48. The molecule has 3 heterocycles. The molecule has 0 radical (unpaired) electrons. The average Bonchev–Trinajstić information content (AvgIpc) is 3.70. The zero-order valence-corrected chi connectivity index (χ0v) is 23.9. The van der Waals surface area contributed by atoms with Crippen LogP contribution in [0.2, 0.25) is 0 Å². The molecule has 4 aromatic rings. The lowest BCUT2D eigenvalue weighted by Crippen LogP contribution is -2.27. The summed E-state index contributed by atoms with van der Waals surface area (Å²) in [6, 6.07) is 22.5. The van der Waals surface area contributed by atoms with Crippen LogP contribution in [0, 0.1) is 0 Å². The maximum Gasteiger partial charge on any atom is 0.231 e. The Kier molecular flexibility index (Phi) is 7.60. The first-order valence-corrected chi connectivity index (χ1v) is 14.3. The van der Waals surface area contributed by atoms with Crippen molar-refractivity contribution < 1.29 is 24.1 Å². The first kappa shape index (κ1) is 27.2. The molecule has 0 fully saturated rings. The van der Waals surface area contributed by atoms with E-state index in [0.717, 1.165) is 70.6 Å². The van der Waals surface area contributed by atoms with Crippen molar-refractivity contribution in [2.45, 2.75) is 65.4 Å². The summed E-state index contributed by atoms with van der Waals surface area (Å²) in [5, 5.41) is 11.3. The summed E-state index contributed by atoms with van der Waals surface area (Å²) in [5.74, 6) is 3.96. The Labute approximate surface area is 241 Å². The molecule has 0 atom stereocenters. The third kappa shape index (κ3) is 5.89. The van der Waals surface area contributed by atoms with E-state index in [4.69, 9.17) is 23.9 Å². The summed E-state index contributed by atoms with van der Waals surface area (Å²) in [4.78, 5) is 7.45. The Morgan fingerprint density at radius 2 is 1.39 bits per heavy atom. The van der Waals surface area contributed by atoms with Crippen LogP contribution in [-0.2, 0) is 31.8 Å². The van der Waals surface area contributed by atoms with Crippen LogP contribution in [0.25, 0.3) is 11.4 Å². The minimum Gasteiger partial charge on any atom is -0.454 e. The van der Waals surface area contributed by atoms with Crippen molar-refractivity contribution in [2.75, 3.05) is 13.6 Å².